The van der Waals surface area contributed by atoms with Crippen LogP contribution in [0.25, 0.3) is 0 Å². The first kappa shape index (κ1) is 14.7. The van der Waals surface area contributed by atoms with Crippen LogP contribution in [-0.4, -0.2) is 75.6 Å². The Morgan fingerprint density at radius 2 is 1.41 bits per heavy atom. The summed E-state index contributed by atoms with van der Waals surface area (Å²) in [6.45, 7) is -0.817. The van der Waals surface area contributed by atoms with Crippen LogP contribution < -0.4 is 0 Å². The minimum absolute atomic E-state index is 0.817. The molecule has 0 saturated heterocycles. The second-order valence-electron chi connectivity index (χ2n) is 3.80. The van der Waals surface area contributed by atoms with E-state index in [4.69, 9.17) is 9.66 Å². The first-order valence-corrected chi connectivity index (χ1v) is 6.04. The van der Waals surface area contributed by atoms with E-state index in [-0.39, 0.29) is 0 Å². The Bertz CT molecular complexity index is 354. The van der Waals surface area contributed by atoms with Crippen LogP contribution in [-0.2, 0) is 14.6 Å². The molecule has 1 aliphatic carbocycles. The lowest BCUT2D eigenvalue weighted by atomic mass is 9.79. The summed E-state index contributed by atoms with van der Waals surface area (Å²) >= 11 is 0. The van der Waals surface area contributed by atoms with E-state index in [9.17, 15) is 28.8 Å². The predicted molar refractivity (Wildman–Crippen MR) is 51.0 cm³/mol. The van der Waals surface area contributed by atoms with E-state index in [1.165, 1.54) is 0 Å². The third-order valence-electron chi connectivity index (χ3n) is 2.69. The average molecular weight is 274 g/mol. The molecule has 0 aliphatic heterocycles. The van der Waals surface area contributed by atoms with Gasteiger partial charge in [0.2, 0.25) is 0 Å². The van der Waals surface area contributed by atoms with Crippen LogP contribution in [0.4, 0.5) is 0 Å². The van der Waals surface area contributed by atoms with E-state index >= 15 is 0 Å². The van der Waals surface area contributed by atoms with Gasteiger partial charge in [-0.2, -0.15) is 8.42 Å². The molecule has 1 rings (SSSR count). The van der Waals surface area contributed by atoms with Crippen molar-refractivity contribution in [3.63, 3.8) is 0 Å². The zero-order valence-electron chi connectivity index (χ0n) is 8.49. The summed E-state index contributed by atoms with van der Waals surface area (Å²) in [6, 6.07) is 0. The van der Waals surface area contributed by atoms with Gasteiger partial charge < -0.3 is 25.5 Å². The van der Waals surface area contributed by atoms with Crippen molar-refractivity contribution in [1.29, 1.82) is 0 Å². The molecule has 6 atom stereocenters. The number of aliphatic hydroxyl groups is 5. The van der Waals surface area contributed by atoms with Crippen molar-refractivity contribution in [1.82, 2.24) is 0 Å². The zero-order chi connectivity index (χ0) is 13.4. The van der Waals surface area contributed by atoms with Gasteiger partial charge in [0, 0.05) is 5.92 Å². The van der Waals surface area contributed by atoms with Crippen LogP contribution >= 0.6 is 0 Å². The van der Waals surface area contributed by atoms with Crippen LogP contribution in [0.15, 0.2) is 0 Å². The van der Waals surface area contributed by atoms with E-state index in [2.05, 4.69) is 4.18 Å². The molecule has 1 saturated carbocycles. The molecule has 0 aromatic rings. The van der Waals surface area contributed by atoms with E-state index in [1.807, 2.05) is 0 Å². The van der Waals surface area contributed by atoms with E-state index in [0.29, 0.717) is 0 Å². The number of aliphatic hydroxyl groups excluding tert-OH is 5. The lowest BCUT2D eigenvalue weighted by Gasteiger charge is -2.42. The van der Waals surface area contributed by atoms with Crippen LogP contribution in [0, 0.1) is 5.92 Å². The Morgan fingerprint density at radius 3 is 1.82 bits per heavy atom. The summed E-state index contributed by atoms with van der Waals surface area (Å²) in [7, 11) is -4.94. The summed E-state index contributed by atoms with van der Waals surface area (Å²) in [5.74, 6) is -1.37. The Balaban J connectivity index is 2.98. The van der Waals surface area contributed by atoms with Crippen molar-refractivity contribution in [2.75, 3.05) is 6.61 Å². The maximum absolute atomic E-state index is 10.5. The lowest BCUT2D eigenvalue weighted by Crippen LogP contribution is -2.62. The molecule has 0 aromatic heterocycles. The molecule has 0 bridgehead atoms. The van der Waals surface area contributed by atoms with Crippen LogP contribution in [0.5, 0.6) is 0 Å². The third-order valence-corrected chi connectivity index (χ3v) is 3.16. The van der Waals surface area contributed by atoms with Crippen molar-refractivity contribution in [2.24, 2.45) is 5.92 Å². The van der Waals surface area contributed by atoms with Gasteiger partial charge in [-0.25, -0.2) is 4.18 Å². The number of rotatable bonds is 3. The second-order valence-corrected chi connectivity index (χ2v) is 4.85. The van der Waals surface area contributed by atoms with Crippen molar-refractivity contribution in [2.45, 2.75) is 30.5 Å². The monoisotopic (exact) mass is 274 g/mol. The first-order chi connectivity index (χ1) is 7.69. The summed E-state index contributed by atoms with van der Waals surface area (Å²) in [5, 5.41) is 46.4. The molecule has 6 N–H and O–H groups in total. The molecule has 0 spiro atoms. The standard InChI is InChI=1S/C7H14O9S/c8-1-2-3(9)4(10)5(11)6(12)7(2)16-17(13,14)15/h2-12H,1H2,(H,13,14,15)/t2-,3-,4+,5-,6-,7-/m1/s1. The molecule has 17 heavy (non-hydrogen) atoms. The minimum Gasteiger partial charge on any atom is -0.396 e. The highest BCUT2D eigenvalue weighted by Crippen LogP contribution is 2.29. The Labute approximate surface area is 96.8 Å². The highest BCUT2D eigenvalue weighted by molar-refractivity contribution is 7.80. The normalized spacial score (nSPS) is 43.6. The molecule has 0 radical (unpaired) electrons. The molecule has 102 valence electrons. The van der Waals surface area contributed by atoms with Gasteiger partial charge in [-0.1, -0.05) is 0 Å². The molecule has 1 aliphatic rings. The summed E-state index contributed by atoms with van der Waals surface area (Å²) in [5.41, 5.74) is 0. The zero-order valence-corrected chi connectivity index (χ0v) is 9.30. The van der Waals surface area contributed by atoms with E-state index in [0.717, 1.165) is 0 Å². The first-order valence-electron chi connectivity index (χ1n) is 4.68. The van der Waals surface area contributed by atoms with Gasteiger partial charge in [0.15, 0.2) is 0 Å². The quantitative estimate of drug-likeness (QED) is 0.283. The lowest BCUT2D eigenvalue weighted by molar-refractivity contribution is -0.203. The fourth-order valence-electron chi connectivity index (χ4n) is 1.78. The molecule has 0 heterocycles. The van der Waals surface area contributed by atoms with Gasteiger partial charge in [-0.3, -0.25) is 4.55 Å². The average Bonchev–Trinajstić information content (AvgIpc) is 2.22. The largest absolute Gasteiger partial charge is 0.397 e. The molecule has 1 fully saturated rings. The fraction of sp³-hybridized carbons (Fsp3) is 1.00. The molecular weight excluding hydrogens is 260 g/mol. The fourth-order valence-corrected chi connectivity index (χ4v) is 2.32. The van der Waals surface area contributed by atoms with Crippen molar-refractivity contribution in [3.8, 4) is 0 Å². The Hall–Kier alpha value is -0.330. The SMILES string of the molecule is O=S(=O)(O)O[C@H]1[C@H](O)[C@H](O)[C@@H](O)[C@H](O)[C@H]1CO. The second kappa shape index (κ2) is 5.12. The Morgan fingerprint density at radius 1 is 0.941 bits per heavy atom. The topological polar surface area (TPSA) is 165 Å². The predicted octanol–water partition coefficient (Wildman–Crippen LogP) is -3.76. The summed E-state index contributed by atoms with van der Waals surface area (Å²) in [4.78, 5) is 0. The molecule has 0 aromatic carbocycles. The van der Waals surface area contributed by atoms with E-state index in [1.54, 1.807) is 0 Å². The van der Waals surface area contributed by atoms with Gasteiger partial charge in [-0.05, 0) is 0 Å². The van der Waals surface area contributed by atoms with Gasteiger partial charge in [0.25, 0.3) is 0 Å². The maximum Gasteiger partial charge on any atom is 0.397 e. The third kappa shape index (κ3) is 3.11. The van der Waals surface area contributed by atoms with Crippen molar-refractivity contribution >= 4 is 10.4 Å². The maximum atomic E-state index is 10.5. The molecule has 0 amide bonds. The smallest absolute Gasteiger partial charge is 0.396 e. The minimum atomic E-state index is -4.94. The molecule has 9 nitrogen and oxygen atoms in total. The highest BCUT2D eigenvalue weighted by atomic mass is 32.3. The molecule has 0 unspecified atom stereocenters. The Kier molecular flexibility index (Phi) is 4.43. The van der Waals surface area contributed by atoms with E-state index < -0.39 is 53.4 Å². The molecule has 10 heteroatoms. The van der Waals surface area contributed by atoms with Crippen molar-refractivity contribution in [3.05, 3.63) is 0 Å². The van der Waals surface area contributed by atoms with Crippen molar-refractivity contribution < 1.29 is 42.7 Å². The van der Waals surface area contributed by atoms with Gasteiger partial charge >= 0.3 is 10.4 Å². The summed E-state index contributed by atoms with van der Waals surface area (Å²) in [6.07, 6.45) is -8.97. The highest BCUT2D eigenvalue weighted by Gasteiger charge is 2.50. The summed E-state index contributed by atoms with van der Waals surface area (Å²) < 4.78 is 33.6. The van der Waals surface area contributed by atoms with Crippen LogP contribution in [0.3, 0.4) is 0 Å². The van der Waals surface area contributed by atoms with Gasteiger partial charge in [0.1, 0.15) is 24.4 Å². The van der Waals surface area contributed by atoms with Crippen LogP contribution in [0.2, 0.25) is 0 Å². The van der Waals surface area contributed by atoms with Gasteiger partial charge in [0.05, 0.1) is 12.7 Å². The van der Waals surface area contributed by atoms with Crippen LogP contribution in [0.1, 0.15) is 0 Å². The molecular formula is C7H14O9S. The number of hydrogen-bond donors (Lipinski definition) is 6. The van der Waals surface area contributed by atoms with Gasteiger partial charge in [-0.15, -0.1) is 0 Å². The number of hydrogen-bond acceptors (Lipinski definition) is 8.